The Morgan fingerprint density at radius 2 is 1.76 bits per heavy atom. The summed E-state index contributed by atoms with van der Waals surface area (Å²) in [6.07, 6.45) is -4.78. The summed E-state index contributed by atoms with van der Waals surface area (Å²) >= 11 is 0. The molecular weight excluding hydrogens is 439 g/mol. The summed E-state index contributed by atoms with van der Waals surface area (Å²) in [6, 6.07) is 15.6. The smallest absolute Gasteiger partial charge is 0.344 e. The average Bonchev–Trinajstić information content (AvgIpc) is 3.22. The Morgan fingerprint density at radius 1 is 1.09 bits per heavy atom. The number of fused-ring (bicyclic) bond motifs is 1. The van der Waals surface area contributed by atoms with Crippen LogP contribution in [0.25, 0.3) is 16.9 Å². The van der Waals surface area contributed by atoms with Gasteiger partial charge in [0.15, 0.2) is 17.0 Å². The summed E-state index contributed by atoms with van der Waals surface area (Å²) in [5.41, 5.74) is -0.730. The number of halogens is 3. The van der Waals surface area contributed by atoms with Crippen LogP contribution in [0.5, 0.6) is 0 Å². The van der Waals surface area contributed by atoms with Gasteiger partial charge >= 0.3 is 6.18 Å². The van der Waals surface area contributed by atoms with E-state index < -0.39 is 28.7 Å². The van der Waals surface area contributed by atoms with Crippen molar-refractivity contribution in [3.05, 3.63) is 93.8 Å². The fraction of sp³-hybridized carbons (Fsp3) is 0.136. The van der Waals surface area contributed by atoms with Crippen LogP contribution in [0.4, 0.5) is 18.9 Å². The minimum Gasteiger partial charge on any atom is -0.344 e. The van der Waals surface area contributed by atoms with E-state index in [1.807, 2.05) is 30.3 Å². The van der Waals surface area contributed by atoms with E-state index in [2.05, 4.69) is 15.4 Å². The van der Waals surface area contributed by atoms with Gasteiger partial charge < -0.3 is 5.32 Å². The number of carbonyl (C=O) groups is 1. The second-order valence-electron chi connectivity index (χ2n) is 7.23. The van der Waals surface area contributed by atoms with E-state index in [-0.39, 0.29) is 28.3 Å². The topological polar surface area (TPSA) is 102 Å². The number of hydrogen-bond donors (Lipinski definition) is 1. The number of aromatic nitrogens is 3. The van der Waals surface area contributed by atoms with Gasteiger partial charge in [0.1, 0.15) is 0 Å². The molecule has 2 heterocycles. The lowest BCUT2D eigenvalue weighted by Crippen LogP contribution is -2.27. The Hall–Kier alpha value is -4.28. The molecule has 0 unspecified atom stereocenters. The van der Waals surface area contributed by atoms with Crippen molar-refractivity contribution in [2.45, 2.75) is 19.1 Å². The first-order chi connectivity index (χ1) is 15.6. The Bertz CT molecular complexity index is 1340. The first-order valence-electron chi connectivity index (χ1n) is 9.72. The van der Waals surface area contributed by atoms with Crippen LogP contribution in [0.2, 0.25) is 0 Å². The number of amides is 1. The minimum atomic E-state index is -4.78. The summed E-state index contributed by atoms with van der Waals surface area (Å²) in [5.74, 6) is -0.651. The molecule has 0 fully saturated rings. The number of alkyl halides is 3. The molecular formula is C22H16F3N5O3. The maximum atomic E-state index is 13.7. The van der Waals surface area contributed by atoms with E-state index in [1.165, 1.54) is 24.3 Å². The van der Waals surface area contributed by atoms with Gasteiger partial charge in [0, 0.05) is 23.8 Å². The number of rotatable bonds is 5. The second-order valence-corrected chi connectivity index (χ2v) is 7.23. The van der Waals surface area contributed by atoms with Crippen molar-refractivity contribution in [3.63, 3.8) is 0 Å². The van der Waals surface area contributed by atoms with Gasteiger partial charge in [-0.15, -0.1) is 0 Å². The monoisotopic (exact) mass is 455 g/mol. The van der Waals surface area contributed by atoms with E-state index in [1.54, 1.807) is 6.92 Å². The third-order valence-electron chi connectivity index (χ3n) is 4.97. The van der Waals surface area contributed by atoms with Crippen molar-refractivity contribution in [1.29, 1.82) is 0 Å². The average molecular weight is 455 g/mol. The van der Waals surface area contributed by atoms with Crippen molar-refractivity contribution in [1.82, 2.24) is 19.9 Å². The summed E-state index contributed by atoms with van der Waals surface area (Å²) in [6.45, 7) is 1.75. The minimum absolute atomic E-state index is 0.0609. The predicted octanol–water partition coefficient (Wildman–Crippen LogP) is 4.81. The van der Waals surface area contributed by atoms with Gasteiger partial charge in [0.2, 0.25) is 0 Å². The number of hydrogen-bond acceptors (Lipinski definition) is 5. The maximum Gasteiger partial charge on any atom is 0.433 e. The van der Waals surface area contributed by atoms with Crippen LogP contribution >= 0.6 is 0 Å². The maximum absolute atomic E-state index is 13.7. The zero-order chi connectivity index (χ0) is 23.8. The highest BCUT2D eigenvalue weighted by atomic mass is 19.4. The van der Waals surface area contributed by atoms with Crippen molar-refractivity contribution in [2.24, 2.45) is 0 Å². The van der Waals surface area contributed by atoms with E-state index >= 15 is 0 Å². The van der Waals surface area contributed by atoms with E-state index in [0.29, 0.717) is 4.52 Å². The molecule has 0 saturated carbocycles. The van der Waals surface area contributed by atoms with E-state index in [4.69, 9.17) is 0 Å². The number of nitrogens with zero attached hydrogens (tertiary/aromatic N) is 4. The molecule has 4 rings (SSSR count). The lowest BCUT2D eigenvalue weighted by molar-refractivity contribution is -0.384. The highest BCUT2D eigenvalue weighted by molar-refractivity contribution is 5.93. The predicted molar refractivity (Wildman–Crippen MR) is 112 cm³/mol. The summed E-state index contributed by atoms with van der Waals surface area (Å²) in [5, 5.41) is 17.4. The number of non-ortho nitro benzene ring substituents is 1. The lowest BCUT2D eigenvalue weighted by atomic mass is 10.1. The number of nitrogens with one attached hydrogen (secondary N) is 1. The molecule has 0 spiro atoms. The van der Waals surface area contributed by atoms with Crippen LogP contribution in [0.1, 0.15) is 34.7 Å². The molecule has 2 aromatic carbocycles. The molecule has 0 saturated heterocycles. The van der Waals surface area contributed by atoms with Crippen molar-refractivity contribution in [3.8, 4) is 11.3 Å². The normalized spacial score (nSPS) is 12.5. The Morgan fingerprint density at radius 3 is 2.36 bits per heavy atom. The summed E-state index contributed by atoms with van der Waals surface area (Å²) < 4.78 is 41.8. The molecule has 168 valence electrons. The molecule has 0 aliphatic carbocycles. The van der Waals surface area contributed by atoms with Gasteiger partial charge in [-0.25, -0.2) is 9.50 Å². The largest absolute Gasteiger partial charge is 0.433 e. The highest BCUT2D eigenvalue weighted by Gasteiger charge is 2.35. The Kier molecular flexibility index (Phi) is 5.54. The SMILES string of the molecule is C[C@H](NC(=O)c1cc2nc(-c3ccc([N+](=O)[O-])cc3)cc(C(F)(F)F)n2n1)c1ccccc1. The first kappa shape index (κ1) is 21.9. The fourth-order valence-corrected chi connectivity index (χ4v) is 3.28. The first-order valence-corrected chi connectivity index (χ1v) is 9.72. The van der Waals surface area contributed by atoms with Gasteiger partial charge in [-0.05, 0) is 30.7 Å². The second kappa shape index (κ2) is 8.34. The molecule has 4 aromatic rings. The molecule has 2 aromatic heterocycles. The quantitative estimate of drug-likeness (QED) is 0.344. The zero-order valence-electron chi connectivity index (χ0n) is 17.1. The highest BCUT2D eigenvalue weighted by Crippen LogP contribution is 2.32. The molecule has 1 atom stereocenters. The van der Waals surface area contributed by atoms with E-state index in [0.717, 1.165) is 17.7 Å². The van der Waals surface area contributed by atoms with Gasteiger partial charge in [-0.3, -0.25) is 14.9 Å². The number of nitro benzene ring substituents is 1. The van der Waals surface area contributed by atoms with Crippen LogP contribution in [0.3, 0.4) is 0 Å². The van der Waals surface area contributed by atoms with Crippen LogP contribution in [-0.4, -0.2) is 25.4 Å². The van der Waals surface area contributed by atoms with Gasteiger partial charge in [-0.2, -0.15) is 18.3 Å². The molecule has 11 heteroatoms. The molecule has 1 N–H and O–H groups in total. The van der Waals surface area contributed by atoms with Crippen LogP contribution in [-0.2, 0) is 6.18 Å². The van der Waals surface area contributed by atoms with Crippen molar-refractivity contribution in [2.75, 3.05) is 0 Å². The lowest BCUT2D eigenvalue weighted by Gasteiger charge is -2.13. The summed E-state index contributed by atoms with van der Waals surface area (Å²) in [7, 11) is 0. The van der Waals surface area contributed by atoms with Crippen molar-refractivity contribution < 1.29 is 22.9 Å². The third kappa shape index (κ3) is 4.52. The number of nitro groups is 1. The zero-order valence-corrected chi connectivity index (χ0v) is 17.1. The molecule has 0 aliphatic rings. The van der Waals surface area contributed by atoms with Crippen LogP contribution in [0.15, 0.2) is 66.7 Å². The molecule has 33 heavy (non-hydrogen) atoms. The van der Waals surface area contributed by atoms with Gasteiger partial charge in [0.05, 0.1) is 16.7 Å². The number of carbonyl (C=O) groups excluding carboxylic acids is 1. The van der Waals surface area contributed by atoms with E-state index in [9.17, 15) is 28.1 Å². The standard InChI is InChI=1S/C22H16F3N5O3/c1-13(14-5-3-2-4-6-14)26-21(31)18-12-20-27-17(11-19(22(23,24)25)29(20)28-18)15-7-9-16(10-8-15)30(32)33/h2-13H,1H3,(H,26,31)/t13-/m0/s1. The Labute approximate surface area is 184 Å². The fourth-order valence-electron chi connectivity index (χ4n) is 3.28. The van der Waals surface area contributed by atoms with Crippen LogP contribution in [0, 0.1) is 10.1 Å². The van der Waals surface area contributed by atoms with Gasteiger partial charge in [0.25, 0.3) is 11.6 Å². The van der Waals surface area contributed by atoms with Gasteiger partial charge in [-0.1, -0.05) is 30.3 Å². The molecule has 8 nitrogen and oxygen atoms in total. The van der Waals surface area contributed by atoms with Crippen LogP contribution < -0.4 is 5.32 Å². The molecule has 1 amide bonds. The Balaban J connectivity index is 1.72. The third-order valence-corrected chi connectivity index (χ3v) is 4.97. The molecule has 0 aliphatic heterocycles. The molecule has 0 bridgehead atoms. The molecule has 0 radical (unpaired) electrons. The number of benzene rings is 2. The van der Waals surface area contributed by atoms with Crippen molar-refractivity contribution >= 4 is 17.2 Å². The summed E-state index contributed by atoms with van der Waals surface area (Å²) in [4.78, 5) is 27.1.